The lowest BCUT2D eigenvalue weighted by Crippen LogP contribution is -2.37. The van der Waals surface area contributed by atoms with Crippen LogP contribution in [0.4, 0.5) is 0 Å². The first-order valence-electron chi connectivity index (χ1n) is 7.26. The summed E-state index contributed by atoms with van der Waals surface area (Å²) in [5.41, 5.74) is 7.47. The highest BCUT2D eigenvalue weighted by molar-refractivity contribution is 5.85. The van der Waals surface area contributed by atoms with E-state index >= 15 is 0 Å². The molecule has 1 aromatic rings. The summed E-state index contributed by atoms with van der Waals surface area (Å²) in [6, 6.07) is 10.4. The van der Waals surface area contributed by atoms with E-state index in [2.05, 4.69) is 19.1 Å². The molecule has 2 aliphatic rings. The number of hydrogen-bond donors (Lipinski definition) is 1. The van der Waals surface area contributed by atoms with Crippen molar-refractivity contribution >= 4 is 5.91 Å². The van der Waals surface area contributed by atoms with Gasteiger partial charge in [-0.2, -0.15) is 0 Å². The van der Waals surface area contributed by atoms with E-state index in [0.717, 1.165) is 25.8 Å². The number of carbonyl (C=O) groups excluding carboxylic acids is 1. The van der Waals surface area contributed by atoms with Gasteiger partial charge in [-0.1, -0.05) is 37.3 Å². The zero-order chi connectivity index (χ0) is 13.5. The lowest BCUT2D eigenvalue weighted by atomic mass is 9.95. The molecule has 0 spiro atoms. The van der Waals surface area contributed by atoms with Crippen molar-refractivity contribution in [1.29, 1.82) is 0 Å². The molecular weight excluding hydrogens is 236 g/mol. The Balaban J connectivity index is 1.74. The van der Waals surface area contributed by atoms with Crippen molar-refractivity contribution in [2.75, 3.05) is 13.1 Å². The first-order valence-corrected chi connectivity index (χ1v) is 7.26. The molecule has 2 fully saturated rings. The summed E-state index contributed by atoms with van der Waals surface area (Å²) in [5, 5.41) is 0. The quantitative estimate of drug-likeness (QED) is 0.902. The van der Waals surface area contributed by atoms with Crippen LogP contribution in [-0.2, 0) is 4.79 Å². The standard InChI is InChI=1S/C16H22N2O/c1-2-16(8-9-16)15(19)18-10-13(14(17)11-18)12-6-4-3-5-7-12/h3-7,13-14H,2,8-11,17H2,1H3/t13-,14+/m0/s1. The molecule has 3 nitrogen and oxygen atoms in total. The van der Waals surface area contributed by atoms with E-state index in [0.29, 0.717) is 12.5 Å². The minimum absolute atomic E-state index is 0.0364. The molecule has 3 rings (SSSR count). The van der Waals surface area contributed by atoms with E-state index in [1.807, 2.05) is 23.1 Å². The van der Waals surface area contributed by atoms with Crippen LogP contribution in [0.5, 0.6) is 0 Å². The van der Waals surface area contributed by atoms with Gasteiger partial charge in [0.25, 0.3) is 0 Å². The Kier molecular flexibility index (Phi) is 3.09. The van der Waals surface area contributed by atoms with E-state index in [9.17, 15) is 4.79 Å². The second-order valence-electron chi connectivity index (χ2n) is 6.03. The molecule has 1 saturated carbocycles. The molecule has 3 heteroatoms. The number of nitrogens with two attached hydrogens (primary N) is 1. The van der Waals surface area contributed by atoms with Crippen LogP contribution in [0.3, 0.4) is 0 Å². The lowest BCUT2D eigenvalue weighted by Gasteiger charge is -2.22. The summed E-state index contributed by atoms with van der Waals surface area (Å²) in [6.45, 7) is 3.61. The van der Waals surface area contributed by atoms with E-state index in [1.54, 1.807) is 0 Å². The van der Waals surface area contributed by atoms with Crippen LogP contribution in [0.25, 0.3) is 0 Å². The van der Waals surface area contributed by atoms with Gasteiger partial charge in [0.2, 0.25) is 5.91 Å². The predicted octanol–water partition coefficient (Wildman–Crippen LogP) is 2.13. The SMILES string of the molecule is CCC1(C(=O)N2C[C@@H](N)[C@H](c3ccccc3)C2)CC1. The highest BCUT2D eigenvalue weighted by Crippen LogP contribution is 2.50. The molecule has 1 aliphatic heterocycles. The molecule has 19 heavy (non-hydrogen) atoms. The maximum Gasteiger partial charge on any atom is 0.228 e. The van der Waals surface area contributed by atoms with Crippen molar-refractivity contribution in [3.05, 3.63) is 35.9 Å². The molecule has 1 aliphatic carbocycles. The Bertz CT molecular complexity index is 467. The smallest absolute Gasteiger partial charge is 0.228 e. The third kappa shape index (κ3) is 2.16. The lowest BCUT2D eigenvalue weighted by molar-refractivity contribution is -0.136. The van der Waals surface area contributed by atoms with E-state index in [1.165, 1.54) is 5.56 Å². The van der Waals surface area contributed by atoms with Crippen LogP contribution in [0.1, 0.15) is 37.7 Å². The van der Waals surface area contributed by atoms with Crippen molar-refractivity contribution in [2.24, 2.45) is 11.1 Å². The molecule has 1 amide bonds. The fourth-order valence-corrected chi connectivity index (χ4v) is 3.25. The third-order valence-corrected chi connectivity index (χ3v) is 4.86. The Morgan fingerprint density at radius 2 is 2.00 bits per heavy atom. The maximum atomic E-state index is 12.6. The van der Waals surface area contributed by atoms with Crippen LogP contribution in [0, 0.1) is 5.41 Å². The van der Waals surface area contributed by atoms with Crippen molar-refractivity contribution in [1.82, 2.24) is 4.90 Å². The van der Waals surface area contributed by atoms with Crippen LogP contribution < -0.4 is 5.73 Å². The highest BCUT2D eigenvalue weighted by Gasteiger charge is 2.51. The predicted molar refractivity (Wildman–Crippen MR) is 75.7 cm³/mol. The first kappa shape index (κ1) is 12.7. The van der Waals surface area contributed by atoms with Crippen molar-refractivity contribution in [3.63, 3.8) is 0 Å². The first-order chi connectivity index (χ1) is 9.16. The normalized spacial score (nSPS) is 28.4. The summed E-state index contributed by atoms with van der Waals surface area (Å²) in [4.78, 5) is 14.6. The molecule has 2 atom stereocenters. The van der Waals surface area contributed by atoms with Crippen LogP contribution in [0.2, 0.25) is 0 Å². The zero-order valence-electron chi connectivity index (χ0n) is 11.5. The van der Waals surface area contributed by atoms with E-state index in [-0.39, 0.29) is 17.4 Å². The van der Waals surface area contributed by atoms with E-state index < -0.39 is 0 Å². The average Bonchev–Trinajstić information content (AvgIpc) is 3.16. The molecule has 1 heterocycles. The molecule has 102 valence electrons. The van der Waals surface area contributed by atoms with Gasteiger partial charge in [-0.3, -0.25) is 4.79 Å². The molecule has 0 bridgehead atoms. The number of carbonyl (C=O) groups is 1. The van der Waals surface area contributed by atoms with Crippen molar-refractivity contribution in [3.8, 4) is 0 Å². The molecular formula is C16H22N2O. The topological polar surface area (TPSA) is 46.3 Å². The molecule has 0 unspecified atom stereocenters. The second-order valence-corrected chi connectivity index (χ2v) is 6.03. The van der Waals surface area contributed by atoms with Gasteiger partial charge in [-0.15, -0.1) is 0 Å². The summed E-state index contributed by atoms with van der Waals surface area (Å²) < 4.78 is 0. The van der Waals surface area contributed by atoms with Crippen molar-refractivity contribution in [2.45, 2.75) is 38.1 Å². The number of likely N-dealkylation sites (tertiary alicyclic amines) is 1. The number of benzene rings is 1. The summed E-state index contributed by atoms with van der Waals surface area (Å²) in [6.07, 6.45) is 3.09. The molecule has 0 radical (unpaired) electrons. The van der Waals surface area contributed by atoms with Gasteiger partial charge in [-0.25, -0.2) is 0 Å². The summed E-state index contributed by atoms with van der Waals surface area (Å²) in [7, 11) is 0. The van der Waals surface area contributed by atoms with Crippen LogP contribution >= 0.6 is 0 Å². The Hall–Kier alpha value is -1.35. The molecule has 1 saturated heterocycles. The average molecular weight is 258 g/mol. The minimum Gasteiger partial charge on any atom is -0.340 e. The number of amides is 1. The molecule has 1 aromatic carbocycles. The number of rotatable bonds is 3. The minimum atomic E-state index is -0.0364. The Labute approximate surface area is 114 Å². The summed E-state index contributed by atoms with van der Waals surface area (Å²) in [5.74, 6) is 0.627. The van der Waals surface area contributed by atoms with Crippen LogP contribution in [0.15, 0.2) is 30.3 Å². The van der Waals surface area contributed by atoms with Gasteiger partial charge >= 0.3 is 0 Å². The van der Waals surface area contributed by atoms with Crippen molar-refractivity contribution < 1.29 is 4.79 Å². The second kappa shape index (κ2) is 4.64. The Morgan fingerprint density at radius 3 is 2.58 bits per heavy atom. The fourth-order valence-electron chi connectivity index (χ4n) is 3.25. The van der Waals surface area contributed by atoms with Gasteiger partial charge in [0.15, 0.2) is 0 Å². The third-order valence-electron chi connectivity index (χ3n) is 4.86. The van der Waals surface area contributed by atoms with Gasteiger partial charge in [0.05, 0.1) is 0 Å². The molecule has 0 aromatic heterocycles. The van der Waals surface area contributed by atoms with E-state index in [4.69, 9.17) is 5.73 Å². The summed E-state index contributed by atoms with van der Waals surface area (Å²) >= 11 is 0. The maximum absolute atomic E-state index is 12.6. The van der Waals surface area contributed by atoms with Gasteiger partial charge in [0, 0.05) is 30.5 Å². The monoisotopic (exact) mass is 258 g/mol. The largest absolute Gasteiger partial charge is 0.340 e. The molecule has 2 N–H and O–H groups in total. The zero-order valence-corrected chi connectivity index (χ0v) is 11.5. The number of hydrogen-bond acceptors (Lipinski definition) is 2. The Morgan fingerprint density at radius 1 is 1.32 bits per heavy atom. The fraction of sp³-hybridized carbons (Fsp3) is 0.562. The van der Waals surface area contributed by atoms with Gasteiger partial charge in [-0.05, 0) is 24.8 Å². The number of nitrogens with zero attached hydrogens (tertiary/aromatic N) is 1. The van der Waals surface area contributed by atoms with Crippen LogP contribution in [-0.4, -0.2) is 29.9 Å². The van der Waals surface area contributed by atoms with Gasteiger partial charge < -0.3 is 10.6 Å². The highest BCUT2D eigenvalue weighted by atomic mass is 16.2. The van der Waals surface area contributed by atoms with Gasteiger partial charge in [0.1, 0.15) is 0 Å².